The van der Waals surface area contributed by atoms with E-state index in [9.17, 15) is 5.11 Å². The fraction of sp³-hybridized carbons (Fsp3) is 1.00. The number of ether oxygens (including phenoxy) is 1. The lowest BCUT2D eigenvalue weighted by atomic mass is 9.87. The van der Waals surface area contributed by atoms with Crippen molar-refractivity contribution < 1.29 is 9.84 Å². The second-order valence-corrected chi connectivity index (χ2v) is 4.68. The van der Waals surface area contributed by atoms with Gasteiger partial charge in [-0.05, 0) is 18.4 Å². The van der Waals surface area contributed by atoms with Gasteiger partial charge in [0.05, 0.1) is 18.8 Å². The monoisotopic (exact) mass is 203 g/mol. The number of aliphatic hydroxyl groups is 1. The van der Waals surface area contributed by atoms with E-state index < -0.39 is 0 Å². The maximum atomic E-state index is 9.45. The quantitative estimate of drug-likeness (QED) is 0.654. The predicted molar refractivity (Wildman–Crippen MR) is 59.4 cm³/mol. The minimum Gasteiger partial charge on any atom is -0.394 e. The molecular weight excluding hydrogens is 178 g/mol. The van der Waals surface area contributed by atoms with E-state index in [-0.39, 0.29) is 12.1 Å². The van der Waals surface area contributed by atoms with E-state index in [0.717, 1.165) is 6.54 Å². The SMILES string of the molecule is COCC(CO)(NCC(C)C)C(C)C. The summed E-state index contributed by atoms with van der Waals surface area (Å²) in [6.07, 6.45) is 0. The van der Waals surface area contributed by atoms with E-state index in [1.807, 2.05) is 0 Å². The van der Waals surface area contributed by atoms with Crippen LogP contribution in [0.2, 0.25) is 0 Å². The molecule has 86 valence electrons. The van der Waals surface area contributed by atoms with Gasteiger partial charge in [-0.1, -0.05) is 27.7 Å². The molecule has 2 N–H and O–H groups in total. The van der Waals surface area contributed by atoms with Crippen molar-refractivity contribution in [2.45, 2.75) is 33.2 Å². The molecule has 0 radical (unpaired) electrons. The zero-order chi connectivity index (χ0) is 11.2. The van der Waals surface area contributed by atoms with Gasteiger partial charge >= 0.3 is 0 Å². The van der Waals surface area contributed by atoms with Gasteiger partial charge in [-0.25, -0.2) is 0 Å². The lowest BCUT2D eigenvalue weighted by molar-refractivity contribution is 0.0314. The normalized spacial score (nSPS) is 16.3. The van der Waals surface area contributed by atoms with Crippen LogP contribution in [0.1, 0.15) is 27.7 Å². The minimum atomic E-state index is -0.293. The van der Waals surface area contributed by atoms with Crippen molar-refractivity contribution in [1.82, 2.24) is 5.32 Å². The van der Waals surface area contributed by atoms with Crippen LogP contribution in [0.3, 0.4) is 0 Å². The highest BCUT2D eigenvalue weighted by Crippen LogP contribution is 2.17. The maximum absolute atomic E-state index is 9.45. The van der Waals surface area contributed by atoms with Crippen LogP contribution in [0.25, 0.3) is 0 Å². The van der Waals surface area contributed by atoms with Gasteiger partial charge in [0.2, 0.25) is 0 Å². The van der Waals surface area contributed by atoms with Gasteiger partial charge in [-0.3, -0.25) is 0 Å². The average Bonchev–Trinajstić information content (AvgIpc) is 2.11. The molecule has 0 amide bonds. The molecule has 1 atom stereocenters. The largest absolute Gasteiger partial charge is 0.394 e. The molecule has 0 spiro atoms. The Morgan fingerprint density at radius 3 is 2.14 bits per heavy atom. The summed E-state index contributed by atoms with van der Waals surface area (Å²) in [5.74, 6) is 0.933. The average molecular weight is 203 g/mol. The third-order valence-electron chi connectivity index (χ3n) is 2.65. The molecule has 0 bridgehead atoms. The molecule has 0 aliphatic carbocycles. The minimum absolute atomic E-state index is 0.116. The predicted octanol–water partition coefficient (Wildman–Crippen LogP) is 1.27. The van der Waals surface area contributed by atoms with Crippen molar-refractivity contribution in [3.63, 3.8) is 0 Å². The van der Waals surface area contributed by atoms with Gasteiger partial charge in [0.15, 0.2) is 0 Å². The van der Waals surface area contributed by atoms with Gasteiger partial charge in [0.1, 0.15) is 0 Å². The molecule has 0 aromatic heterocycles. The van der Waals surface area contributed by atoms with Gasteiger partial charge < -0.3 is 15.2 Å². The standard InChI is InChI=1S/C11H25NO2/c1-9(2)6-12-11(7-13,8-14-5)10(3)4/h9-10,12-13H,6-8H2,1-5H3. The molecule has 0 rings (SSSR count). The summed E-state index contributed by atoms with van der Waals surface area (Å²) >= 11 is 0. The van der Waals surface area contributed by atoms with Gasteiger partial charge in [0.25, 0.3) is 0 Å². The molecule has 0 saturated heterocycles. The van der Waals surface area contributed by atoms with Crippen LogP contribution in [0.15, 0.2) is 0 Å². The first-order valence-electron chi connectivity index (χ1n) is 5.33. The summed E-state index contributed by atoms with van der Waals surface area (Å²) < 4.78 is 5.17. The molecule has 14 heavy (non-hydrogen) atoms. The van der Waals surface area contributed by atoms with Gasteiger partial charge in [0, 0.05) is 7.11 Å². The fourth-order valence-corrected chi connectivity index (χ4v) is 1.37. The van der Waals surface area contributed by atoms with E-state index in [0.29, 0.717) is 18.4 Å². The zero-order valence-electron chi connectivity index (χ0n) is 10.1. The van der Waals surface area contributed by atoms with Crippen molar-refractivity contribution >= 4 is 0 Å². The number of hydrogen-bond acceptors (Lipinski definition) is 3. The number of nitrogens with one attached hydrogen (secondary N) is 1. The first-order valence-corrected chi connectivity index (χ1v) is 5.33. The Kier molecular flexibility index (Phi) is 6.33. The highest BCUT2D eigenvalue weighted by atomic mass is 16.5. The molecule has 0 aliphatic heterocycles. The van der Waals surface area contributed by atoms with E-state index in [1.165, 1.54) is 0 Å². The van der Waals surface area contributed by atoms with Crippen LogP contribution in [-0.4, -0.2) is 37.5 Å². The van der Waals surface area contributed by atoms with Gasteiger partial charge in [-0.2, -0.15) is 0 Å². The Morgan fingerprint density at radius 2 is 1.86 bits per heavy atom. The van der Waals surface area contributed by atoms with E-state index >= 15 is 0 Å². The highest BCUT2D eigenvalue weighted by molar-refractivity contribution is 4.90. The summed E-state index contributed by atoms with van der Waals surface area (Å²) in [7, 11) is 1.67. The second-order valence-electron chi connectivity index (χ2n) is 4.68. The lowest BCUT2D eigenvalue weighted by Gasteiger charge is -2.37. The molecule has 0 aromatic carbocycles. The third-order valence-corrected chi connectivity index (χ3v) is 2.65. The van der Waals surface area contributed by atoms with Gasteiger partial charge in [-0.15, -0.1) is 0 Å². The summed E-state index contributed by atoms with van der Waals surface area (Å²) in [6.45, 7) is 10.1. The third kappa shape index (κ3) is 3.95. The van der Waals surface area contributed by atoms with Crippen LogP contribution in [0.5, 0.6) is 0 Å². The number of rotatable bonds is 7. The highest BCUT2D eigenvalue weighted by Gasteiger charge is 2.32. The molecule has 3 heteroatoms. The lowest BCUT2D eigenvalue weighted by Crippen LogP contribution is -2.57. The molecule has 3 nitrogen and oxygen atoms in total. The fourth-order valence-electron chi connectivity index (χ4n) is 1.37. The van der Waals surface area contributed by atoms with Crippen LogP contribution >= 0.6 is 0 Å². The Balaban J connectivity index is 4.33. The molecule has 0 heterocycles. The van der Waals surface area contributed by atoms with Crippen LogP contribution in [0.4, 0.5) is 0 Å². The Bertz CT molecular complexity index is 148. The summed E-state index contributed by atoms with van der Waals surface area (Å²) in [4.78, 5) is 0. The molecule has 0 aliphatic rings. The van der Waals surface area contributed by atoms with Crippen molar-refractivity contribution in [2.24, 2.45) is 11.8 Å². The van der Waals surface area contributed by atoms with Crippen molar-refractivity contribution in [3.05, 3.63) is 0 Å². The molecular formula is C11H25NO2. The maximum Gasteiger partial charge on any atom is 0.0674 e. The van der Waals surface area contributed by atoms with Crippen molar-refractivity contribution in [3.8, 4) is 0 Å². The second kappa shape index (κ2) is 6.38. The zero-order valence-corrected chi connectivity index (χ0v) is 10.1. The first-order chi connectivity index (χ1) is 6.48. The first kappa shape index (κ1) is 13.9. The Labute approximate surface area is 87.8 Å². The van der Waals surface area contributed by atoms with E-state index in [4.69, 9.17) is 4.74 Å². The number of methoxy groups -OCH3 is 1. The summed E-state index contributed by atoms with van der Waals surface area (Å²) in [6, 6.07) is 0. The van der Waals surface area contributed by atoms with E-state index in [2.05, 4.69) is 33.0 Å². The Morgan fingerprint density at radius 1 is 1.29 bits per heavy atom. The molecule has 1 unspecified atom stereocenters. The van der Waals surface area contributed by atoms with E-state index in [1.54, 1.807) is 7.11 Å². The van der Waals surface area contributed by atoms with Crippen LogP contribution < -0.4 is 5.32 Å². The molecule has 0 fully saturated rings. The summed E-state index contributed by atoms with van der Waals surface area (Å²) in [5.41, 5.74) is -0.293. The number of aliphatic hydroxyl groups excluding tert-OH is 1. The topological polar surface area (TPSA) is 41.5 Å². The molecule has 0 aromatic rings. The summed E-state index contributed by atoms with van der Waals surface area (Å²) in [5, 5.41) is 12.9. The smallest absolute Gasteiger partial charge is 0.0674 e. The molecule has 0 saturated carbocycles. The van der Waals surface area contributed by atoms with Crippen LogP contribution in [0, 0.1) is 11.8 Å². The van der Waals surface area contributed by atoms with Crippen LogP contribution in [-0.2, 0) is 4.74 Å². The van der Waals surface area contributed by atoms with Crippen molar-refractivity contribution in [1.29, 1.82) is 0 Å². The van der Waals surface area contributed by atoms with Crippen molar-refractivity contribution in [2.75, 3.05) is 26.9 Å². The number of hydrogen-bond donors (Lipinski definition) is 2. The Hall–Kier alpha value is -0.120.